The van der Waals surface area contributed by atoms with Crippen LogP contribution in [0.25, 0.3) is 5.65 Å². The minimum Gasteiger partial charge on any atom is -0.349 e. The van der Waals surface area contributed by atoms with E-state index in [0.717, 1.165) is 11.2 Å². The minimum absolute atomic E-state index is 0.625. The summed E-state index contributed by atoms with van der Waals surface area (Å²) in [6.07, 6.45) is 5.66. The molecule has 0 aliphatic carbocycles. The van der Waals surface area contributed by atoms with Crippen LogP contribution >= 0.6 is 0 Å². The maximum absolute atomic E-state index is 4.35. The van der Waals surface area contributed by atoms with Gasteiger partial charge in [0.1, 0.15) is 0 Å². The molecule has 0 bridgehead atoms. The Morgan fingerprint density at radius 3 is 3.06 bits per heavy atom. The zero-order valence-corrected chi connectivity index (χ0v) is 9.41. The highest BCUT2D eigenvalue weighted by molar-refractivity contribution is 5.42. The van der Waals surface area contributed by atoms with E-state index in [-0.39, 0.29) is 0 Å². The molecule has 0 aliphatic heterocycles. The Labute approximate surface area is 97.9 Å². The first-order valence-corrected chi connectivity index (χ1v) is 5.34. The third-order valence-corrected chi connectivity index (χ3v) is 2.45. The molecule has 86 valence electrons. The Morgan fingerprint density at radius 1 is 1.35 bits per heavy atom. The number of pyridine rings is 1. The van der Waals surface area contributed by atoms with E-state index in [0.29, 0.717) is 12.5 Å². The summed E-state index contributed by atoms with van der Waals surface area (Å²) in [6.45, 7) is 0.671. The van der Waals surface area contributed by atoms with Gasteiger partial charge in [-0.2, -0.15) is 10.1 Å². The molecule has 3 aromatic rings. The third kappa shape index (κ3) is 1.96. The van der Waals surface area contributed by atoms with Crippen molar-refractivity contribution in [1.82, 2.24) is 24.4 Å². The van der Waals surface area contributed by atoms with E-state index in [9.17, 15) is 0 Å². The second-order valence-electron chi connectivity index (χ2n) is 3.81. The quantitative estimate of drug-likeness (QED) is 0.728. The fourth-order valence-electron chi connectivity index (χ4n) is 1.65. The summed E-state index contributed by atoms with van der Waals surface area (Å²) in [4.78, 5) is 4.35. The average molecular weight is 228 g/mol. The van der Waals surface area contributed by atoms with Crippen LogP contribution in [0.2, 0.25) is 0 Å². The highest BCUT2D eigenvalue weighted by atomic mass is 15.3. The number of hydrogen-bond donors (Lipinski definition) is 1. The summed E-state index contributed by atoms with van der Waals surface area (Å²) >= 11 is 0. The predicted molar refractivity (Wildman–Crippen MR) is 63.5 cm³/mol. The first kappa shape index (κ1) is 9.83. The second kappa shape index (κ2) is 3.89. The molecule has 6 nitrogen and oxygen atoms in total. The highest BCUT2D eigenvalue weighted by Crippen LogP contribution is 2.06. The molecule has 0 radical (unpaired) electrons. The molecule has 0 spiro atoms. The highest BCUT2D eigenvalue weighted by Gasteiger charge is 2.02. The van der Waals surface area contributed by atoms with Gasteiger partial charge in [-0.15, -0.1) is 5.10 Å². The van der Waals surface area contributed by atoms with Gasteiger partial charge in [0.2, 0.25) is 5.95 Å². The SMILES string of the molecule is Cn1cc(CNc2nc3ccccn3n2)cn1. The molecule has 0 saturated heterocycles. The van der Waals surface area contributed by atoms with Crippen LogP contribution < -0.4 is 5.32 Å². The third-order valence-electron chi connectivity index (χ3n) is 2.45. The molecule has 0 aromatic carbocycles. The molecule has 3 heterocycles. The standard InChI is InChI=1S/C11H12N6/c1-16-8-9(7-13-16)6-12-11-14-10-4-2-3-5-17(10)15-11/h2-5,7-8H,6H2,1H3,(H,12,15). The maximum Gasteiger partial charge on any atom is 0.243 e. The van der Waals surface area contributed by atoms with Crippen LogP contribution in [-0.4, -0.2) is 24.4 Å². The Morgan fingerprint density at radius 2 is 2.29 bits per heavy atom. The smallest absolute Gasteiger partial charge is 0.243 e. The van der Waals surface area contributed by atoms with E-state index < -0.39 is 0 Å². The summed E-state index contributed by atoms with van der Waals surface area (Å²) < 4.78 is 3.51. The minimum atomic E-state index is 0.625. The van der Waals surface area contributed by atoms with Crippen molar-refractivity contribution in [3.63, 3.8) is 0 Å². The maximum atomic E-state index is 4.35. The van der Waals surface area contributed by atoms with Crippen LogP contribution in [0.4, 0.5) is 5.95 Å². The molecule has 0 saturated carbocycles. The lowest BCUT2D eigenvalue weighted by Crippen LogP contribution is -2.00. The van der Waals surface area contributed by atoms with Crippen LogP contribution in [-0.2, 0) is 13.6 Å². The molecule has 0 aliphatic rings. The van der Waals surface area contributed by atoms with Gasteiger partial charge in [-0.25, -0.2) is 4.52 Å². The van der Waals surface area contributed by atoms with E-state index >= 15 is 0 Å². The van der Waals surface area contributed by atoms with Gasteiger partial charge in [0.15, 0.2) is 5.65 Å². The van der Waals surface area contributed by atoms with Gasteiger partial charge in [-0.1, -0.05) is 6.07 Å². The summed E-state index contributed by atoms with van der Waals surface area (Å²) in [7, 11) is 1.90. The first-order chi connectivity index (χ1) is 8.31. The molecule has 17 heavy (non-hydrogen) atoms. The first-order valence-electron chi connectivity index (χ1n) is 5.34. The van der Waals surface area contributed by atoms with Crippen molar-refractivity contribution in [3.05, 3.63) is 42.4 Å². The fraction of sp³-hybridized carbons (Fsp3) is 0.182. The molecular weight excluding hydrogens is 216 g/mol. The molecule has 0 fully saturated rings. The lowest BCUT2D eigenvalue weighted by molar-refractivity contribution is 0.767. The summed E-state index contributed by atoms with van der Waals surface area (Å²) in [5.74, 6) is 0.625. The Hall–Kier alpha value is -2.37. The van der Waals surface area contributed by atoms with Crippen LogP contribution in [0.3, 0.4) is 0 Å². The number of fused-ring (bicyclic) bond motifs is 1. The molecule has 0 atom stereocenters. The van der Waals surface area contributed by atoms with Crippen molar-refractivity contribution in [2.75, 3.05) is 5.32 Å². The van der Waals surface area contributed by atoms with E-state index in [1.54, 1.807) is 9.20 Å². The van der Waals surface area contributed by atoms with Crippen LogP contribution in [0.1, 0.15) is 5.56 Å². The fourth-order valence-corrected chi connectivity index (χ4v) is 1.65. The molecule has 0 amide bonds. The second-order valence-corrected chi connectivity index (χ2v) is 3.81. The summed E-state index contributed by atoms with van der Waals surface area (Å²) in [6, 6.07) is 5.78. The Bertz CT molecular complexity index is 605. The molecular formula is C11H12N6. The van der Waals surface area contributed by atoms with E-state index in [1.807, 2.05) is 43.8 Å². The zero-order valence-electron chi connectivity index (χ0n) is 9.41. The number of aryl methyl sites for hydroxylation is 1. The van der Waals surface area contributed by atoms with Crippen LogP contribution in [0, 0.1) is 0 Å². The van der Waals surface area contributed by atoms with Gasteiger partial charge in [0, 0.05) is 31.5 Å². The van der Waals surface area contributed by atoms with Gasteiger partial charge in [-0.05, 0) is 12.1 Å². The molecule has 6 heteroatoms. The summed E-state index contributed by atoms with van der Waals surface area (Å²) in [5, 5.41) is 11.6. The van der Waals surface area contributed by atoms with Crippen molar-refractivity contribution in [2.24, 2.45) is 7.05 Å². The van der Waals surface area contributed by atoms with Crippen molar-refractivity contribution in [2.45, 2.75) is 6.54 Å². The van der Waals surface area contributed by atoms with Crippen molar-refractivity contribution >= 4 is 11.6 Å². The van der Waals surface area contributed by atoms with Crippen LogP contribution in [0.5, 0.6) is 0 Å². The van der Waals surface area contributed by atoms with E-state index in [4.69, 9.17) is 0 Å². The van der Waals surface area contributed by atoms with Crippen molar-refractivity contribution < 1.29 is 0 Å². The molecule has 3 aromatic heterocycles. The number of rotatable bonds is 3. The topological polar surface area (TPSA) is 60.0 Å². The molecule has 3 rings (SSSR count). The summed E-state index contributed by atoms with van der Waals surface area (Å²) in [5.41, 5.74) is 1.94. The van der Waals surface area contributed by atoms with E-state index in [1.165, 1.54) is 0 Å². The number of nitrogens with zero attached hydrogens (tertiary/aromatic N) is 5. The average Bonchev–Trinajstić information content (AvgIpc) is 2.91. The van der Waals surface area contributed by atoms with Crippen molar-refractivity contribution in [1.29, 1.82) is 0 Å². The monoisotopic (exact) mass is 228 g/mol. The number of nitrogens with one attached hydrogen (secondary N) is 1. The van der Waals surface area contributed by atoms with Gasteiger partial charge < -0.3 is 5.32 Å². The molecule has 1 N–H and O–H groups in total. The van der Waals surface area contributed by atoms with Gasteiger partial charge in [-0.3, -0.25) is 4.68 Å². The lowest BCUT2D eigenvalue weighted by Gasteiger charge is -1.96. The van der Waals surface area contributed by atoms with Gasteiger partial charge in [0.25, 0.3) is 0 Å². The predicted octanol–water partition coefficient (Wildman–Crippen LogP) is 1.07. The number of hydrogen-bond acceptors (Lipinski definition) is 4. The Kier molecular flexibility index (Phi) is 2.25. The largest absolute Gasteiger partial charge is 0.349 e. The van der Waals surface area contributed by atoms with Crippen LogP contribution in [0.15, 0.2) is 36.8 Å². The molecule has 0 unspecified atom stereocenters. The van der Waals surface area contributed by atoms with Crippen molar-refractivity contribution in [3.8, 4) is 0 Å². The van der Waals surface area contributed by atoms with Gasteiger partial charge in [0.05, 0.1) is 6.20 Å². The number of anilines is 1. The lowest BCUT2D eigenvalue weighted by atomic mass is 10.4. The van der Waals surface area contributed by atoms with E-state index in [2.05, 4.69) is 20.5 Å². The Balaban J connectivity index is 1.76. The van der Waals surface area contributed by atoms with Gasteiger partial charge >= 0.3 is 0 Å². The normalized spacial score (nSPS) is 10.9. The number of aromatic nitrogens is 5. The zero-order chi connectivity index (χ0) is 11.7.